The zero-order valence-corrected chi connectivity index (χ0v) is 13.9. The van der Waals surface area contributed by atoms with E-state index in [1.165, 1.54) is 12.1 Å². The Labute approximate surface area is 146 Å². The molecule has 0 spiro atoms. The lowest BCUT2D eigenvalue weighted by molar-refractivity contribution is 0.243. The van der Waals surface area contributed by atoms with Crippen LogP contribution in [0.2, 0.25) is 0 Å². The molecule has 2 amide bonds. The van der Waals surface area contributed by atoms with Gasteiger partial charge in [0.25, 0.3) is 0 Å². The molecule has 2 N–H and O–H groups in total. The lowest BCUT2D eigenvalue weighted by Gasteiger charge is -2.38. The first-order valence-corrected chi connectivity index (χ1v) is 8.63. The van der Waals surface area contributed by atoms with Crippen molar-refractivity contribution >= 4 is 23.1 Å². The summed E-state index contributed by atoms with van der Waals surface area (Å²) in [6.07, 6.45) is 0.961. The number of fused-ring (bicyclic) bond motifs is 1. The van der Waals surface area contributed by atoms with Gasteiger partial charge in [0.05, 0.1) is 11.4 Å². The maximum atomic E-state index is 13.2. The Kier molecular flexibility index (Phi) is 4.28. The molecule has 0 aliphatic carbocycles. The molecule has 4 rings (SSSR count). The van der Waals surface area contributed by atoms with Gasteiger partial charge in [-0.25, -0.2) is 9.18 Å². The van der Waals surface area contributed by atoms with E-state index in [1.807, 2.05) is 24.3 Å². The van der Waals surface area contributed by atoms with Gasteiger partial charge in [-0.1, -0.05) is 12.1 Å². The topological polar surface area (TPSA) is 47.6 Å². The van der Waals surface area contributed by atoms with Crippen molar-refractivity contribution in [3.05, 3.63) is 54.3 Å². The summed E-state index contributed by atoms with van der Waals surface area (Å²) < 4.78 is 13.2. The van der Waals surface area contributed by atoms with E-state index in [4.69, 9.17) is 0 Å². The fourth-order valence-corrected chi connectivity index (χ4v) is 3.49. The van der Waals surface area contributed by atoms with Crippen molar-refractivity contribution in [2.24, 2.45) is 0 Å². The molecule has 1 fully saturated rings. The number of amides is 2. The fourth-order valence-electron chi connectivity index (χ4n) is 3.49. The molecule has 1 unspecified atom stereocenters. The second-order valence-electron chi connectivity index (χ2n) is 6.41. The minimum Gasteiger partial charge on any atom is -0.338 e. The summed E-state index contributed by atoms with van der Waals surface area (Å²) in [5, 5.41) is 6.37. The van der Waals surface area contributed by atoms with Crippen LogP contribution in [0.25, 0.3) is 0 Å². The lowest BCUT2D eigenvalue weighted by Crippen LogP contribution is -2.50. The van der Waals surface area contributed by atoms with E-state index in [1.54, 1.807) is 17.0 Å². The quantitative estimate of drug-likeness (QED) is 0.884. The van der Waals surface area contributed by atoms with Crippen molar-refractivity contribution in [3.63, 3.8) is 0 Å². The Balaban J connectivity index is 1.60. The molecular formula is C19H21FN4O. The van der Waals surface area contributed by atoms with Crippen LogP contribution >= 0.6 is 0 Å². The molecule has 6 heteroatoms. The molecular weight excluding hydrogens is 319 g/mol. The first-order valence-electron chi connectivity index (χ1n) is 8.63. The van der Waals surface area contributed by atoms with Crippen LogP contribution in [0.3, 0.4) is 0 Å². The second kappa shape index (κ2) is 6.72. The predicted octanol–water partition coefficient (Wildman–Crippen LogP) is 2.86. The number of anilines is 3. The molecule has 2 heterocycles. The van der Waals surface area contributed by atoms with Gasteiger partial charge in [0.2, 0.25) is 0 Å². The Morgan fingerprint density at radius 1 is 1.08 bits per heavy atom. The molecule has 2 aliphatic heterocycles. The van der Waals surface area contributed by atoms with Crippen molar-refractivity contribution < 1.29 is 9.18 Å². The highest BCUT2D eigenvalue weighted by molar-refractivity contribution is 5.98. The van der Waals surface area contributed by atoms with Gasteiger partial charge in [-0.05, 0) is 49.4 Å². The van der Waals surface area contributed by atoms with Crippen LogP contribution in [0.5, 0.6) is 0 Å². The maximum absolute atomic E-state index is 13.2. The molecule has 0 aromatic heterocycles. The van der Waals surface area contributed by atoms with E-state index in [0.29, 0.717) is 13.1 Å². The smallest absolute Gasteiger partial charge is 0.322 e. The van der Waals surface area contributed by atoms with Gasteiger partial charge >= 0.3 is 6.03 Å². The molecule has 2 aromatic rings. The number of nitrogens with one attached hydrogen (secondary N) is 2. The van der Waals surface area contributed by atoms with Crippen molar-refractivity contribution in [2.75, 3.05) is 36.0 Å². The third-order valence-corrected chi connectivity index (χ3v) is 4.78. The number of nitrogens with zero attached hydrogens (tertiary/aromatic N) is 2. The number of benzene rings is 2. The van der Waals surface area contributed by atoms with Crippen molar-refractivity contribution in [1.29, 1.82) is 0 Å². The second-order valence-corrected chi connectivity index (χ2v) is 6.41. The van der Waals surface area contributed by atoms with Crippen LogP contribution in [-0.4, -0.2) is 38.3 Å². The standard InChI is InChI=1S/C19H21FN4O/c20-14-5-7-16(8-6-14)23-11-12-24(18-4-2-1-3-17(18)23)19(25)22-15-9-10-21-13-15/h1-8,15,21H,9-13H2,(H,22,25). The normalized spacial score (nSPS) is 19.6. The summed E-state index contributed by atoms with van der Waals surface area (Å²) >= 11 is 0. The van der Waals surface area contributed by atoms with Crippen molar-refractivity contribution in [3.8, 4) is 0 Å². The largest absolute Gasteiger partial charge is 0.338 e. The van der Waals surface area contributed by atoms with Crippen LogP contribution in [0.1, 0.15) is 6.42 Å². The zero-order chi connectivity index (χ0) is 17.2. The maximum Gasteiger partial charge on any atom is 0.322 e. The van der Waals surface area contributed by atoms with Gasteiger partial charge in [0.15, 0.2) is 0 Å². The molecule has 2 aliphatic rings. The van der Waals surface area contributed by atoms with Gasteiger partial charge in [0.1, 0.15) is 5.82 Å². The third kappa shape index (κ3) is 3.17. The summed E-state index contributed by atoms with van der Waals surface area (Å²) in [6.45, 7) is 3.02. The Hall–Kier alpha value is -2.60. The van der Waals surface area contributed by atoms with E-state index in [2.05, 4.69) is 15.5 Å². The minimum atomic E-state index is -0.250. The van der Waals surface area contributed by atoms with Gasteiger partial charge in [0, 0.05) is 31.4 Å². The monoisotopic (exact) mass is 340 g/mol. The number of rotatable bonds is 2. The number of para-hydroxylation sites is 2. The Morgan fingerprint density at radius 2 is 1.84 bits per heavy atom. The zero-order valence-electron chi connectivity index (χ0n) is 13.9. The molecule has 1 saturated heterocycles. The SMILES string of the molecule is O=C(NC1CCNC1)N1CCN(c2ccc(F)cc2)c2ccccc21. The number of hydrogen-bond acceptors (Lipinski definition) is 3. The van der Waals surface area contributed by atoms with Crippen LogP contribution in [0, 0.1) is 5.82 Å². The fraction of sp³-hybridized carbons (Fsp3) is 0.316. The Bertz CT molecular complexity index is 758. The van der Waals surface area contributed by atoms with Gasteiger partial charge in [-0.3, -0.25) is 4.90 Å². The highest BCUT2D eigenvalue weighted by Crippen LogP contribution is 2.37. The summed E-state index contributed by atoms with van der Waals surface area (Å²) in [6, 6.07) is 14.4. The molecule has 5 nitrogen and oxygen atoms in total. The number of carbonyl (C=O) groups is 1. The van der Waals surface area contributed by atoms with Crippen LogP contribution in [0.4, 0.5) is 26.2 Å². The molecule has 25 heavy (non-hydrogen) atoms. The third-order valence-electron chi connectivity index (χ3n) is 4.78. The van der Waals surface area contributed by atoms with E-state index in [9.17, 15) is 9.18 Å². The number of carbonyl (C=O) groups excluding carboxylic acids is 1. The molecule has 2 aromatic carbocycles. The summed E-state index contributed by atoms with van der Waals surface area (Å²) in [5.74, 6) is -0.250. The molecule has 0 radical (unpaired) electrons. The number of hydrogen-bond donors (Lipinski definition) is 2. The number of urea groups is 1. The Morgan fingerprint density at radius 3 is 2.56 bits per heavy atom. The van der Waals surface area contributed by atoms with Crippen molar-refractivity contribution in [1.82, 2.24) is 10.6 Å². The average molecular weight is 340 g/mol. The summed E-state index contributed by atoms with van der Waals surface area (Å²) in [7, 11) is 0. The highest BCUT2D eigenvalue weighted by atomic mass is 19.1. The minimum absolute atomic E-state index is 0.0556. The van der Waals surface area contributed by atoms with Crippen LogP contribution < -0.4 is 20.4 Å². The molecule has 0 bridgehead atoms. The number of halogens is 1. The average Bonchev–Trinajstić information content (AvgIpc) is 3.14. The van der Waals surface area contributed by atoms with E-state index in [-0.39, 0.29) is 17.9 Å². The van der Waals surface area contributed by atoms with Gasteiger partial charge < -0.3 is 15.5 Å². The van der Waals surface area contributed by atoms with Gasteiger partial charge in [-0.2, -0.15) is 0 Å². The lowest BCUT2D eigenvalue weighted by atomic mass is 10.1. The van der Waals surface area contributed by atoms with Crippen LogP contribution in [0.15, 0.2) is 48.5 Å². The molecule has 130 valence electrons. The molecule has 1 atom stereocenters. The first kappa shape index (κ1) is 15.9. The predicted molar refractivity (Wildman–Crippen MR) is 97.0 cm³/mol. The highest BCUT2D eigenvalue weighted by Gasteiger charge is 2.29. The summed E-state index contributed by atoms with van der Waals surface area (Å²) in [4.78, 5) is 16.6. The van der Waals surface area contributed by atoms with Crippen LogP contribution in [-0.2, 0) is 0 Å². The first-order chi connectivity index (χ1) is 12.2. The van der Waals surface area contributed by atoms with E-state index >= 15 is 0 Å². The van der Waals surface area contributed by atoms with Crippen molar-refractivity contribution in [2.45, 2.75) is 12.5 Å². The summed E-state index contributed by atoms with van der Waals surface area (Å²) in [5.41, 5.74) is 2.76. The van der Waals surface area contributed by atoms with E-state index < -0.39 is 0 Å². The van der Waals surface area contributed by atoms with E-state index in [0.717, 1.165) is 36.6 Å². The van der Waals surface area contributed by atoms with Gasteiger partial charge in [-0.15, -0.1) is 0 Å². The molecule has 0 saturated carbocycles.